The van der Waals surface area contributed by atoms with Crippen molar-refractivity contribution in [1.29, 1.82) is 0 Å². The molecule has 1 atom stereocenters. The van der Waals surface area contributed by atoms with Crippen molar-refractivity contribution in [3.8, 4) is 11.5 Å². The van der Waals surface area contributed by atoms with Crippen molar-refractivity contribution in [2.45, 2.75) is 13.0 Å². The zero-order chi connectivity index (χ0) is 14.8. The third-order valence-corrected chi connectivity index (χ3v) is 3.22. The molecule has 1 aromatic carbocycles. The zero-order valence-electron chi connectivity index (χ0n) is 11.3. The van der Waals surface area contributed by atoms with Gasteiger partial charge in [-0.3, -0.25) is 10.1 Å². The highest BCUT2D eigenvalue weighted by Crippen LogP contribution is 2.34. The topological polar surface area (TPSA) is 86.5 Å². The van der Waals surface area contributed by atoms with Crippen molar-refractivity contribution in [3.05, 3.63) is 52.2 Å². The Labute approximate surface area is 120 Å². The molecule has 0 radical (unpaired) electrons. The van der Waals surface area contributed by atoms with Gasteiger partial charge >= 0.3 is 0 Å². The first-order chi connectivity index (χ1) is 10.1. The third-order valence-electron chi connectivity index (χ3n) is 3.22. The summed E-state index contributed by atoms with van der Waals surface area (Å²) in [7, 11) is 0. The second-order valence-corrected chi connectivity index (χ2v) is 4.64. The normalized spacial score (nSPS) is 13.8. The molecule has 1 aliphatic heterocycles. The number of ether oxygens (including phenoxy) is 2. The average molecular weight is 287 g/mol. The predicted molar refractivity (Wildman–Crippen MR) is 75.5 cm³/mol. The van der Waals surface area contributed by atoms with Crippen LogP contribution in [0.4, 0.5) is 11.5 Å². The van der Waals surface area contributed by atoms with E-state index in [2.05, 4.69) is 10.3 Å². The number of nitrogens with one attached hydrogen (secondary N) is 1. The molecule has 0 spiro atoms. The Morgan fingerprint density at radius 2 is 2.10 bits per heavy atom. The van der Waals surface area contributed by atoms with Gasteiger partial charge in [-0.25, -0.2) is 4.98 Å². The van der Waals surface area contributed by atoms with Gasteiger partial charge in [0, 0.05) is 6.07 Å². The third kappa shape index (κ3) is 2.71. The van der Waals surface area contributed by atoms with Crippen molar-refractivity contribution in [2.75, 3.05) is 12.1 Å². The molecule has 1 aliphatic rings. The molecule has 2 aromatic rings. The van der Waals surface area contributed by atoms with Crippen LogP contribution in [-0.2, 0) is 0 Å². The number of rotatable bonds is 4. The number of anilines is 1. The van der Waals surface area contributed by atoms with Crippen LogP contribution in [0.3, 0.4) is 0 Å². The lowest BCUT2D eigenvalue weighted by Crippen LogP contribution is -2.07. The summed E-state index contributed by atoms with van der Waals surface area (Å²) < 4.78 is 10.6. The molecule has 2 heterocycles. The number of hydrogen-bond acceptors (Lipinski definition) is 6. The van der Waals surface area contributed by atoms with Crippen LogP contribution < -0.4 is 14.8 Å². The highest BCUT2D eigenvalue weighted by Gasteiger charge is 2.16. The molecular formula is C14H13N3O4. The minimum absolute atomic E-state index is 0.0199. The van der Waals surface area contributed by atoms with Gasteiger partial charge in [-0.1, -0.05) is 6.07 Å². The maximum Gasteiger partial charge on any atom is 0.287 e. The minimum Gasteiger partial charge on any atom is -0.454 e. The Hall–Kier alpha value is -2.83. The van der Waals surface area contributed by atoms with E-state index in [1.807, 2.05) is 25.1 Å². The average Bonchev–Trinajstić information content (AvgIpc) is 2.95. The largest absolute Gasteiger partial charge is 0.454 e. The summed E-state index contributed by atoms with van der Waals surface area (Å²) in [6.45, 7) is 2.21. The van der Waals surface area contributed by atoms with Crippen molar-refractivity contribution < 1.29 is 14.4 Å². The van der Waals surface area contributed by atoms with E-state index < -0.39 is 4.92 Å². The number of nitrogens with zero attached hydrogens (tertiary/aromatic N) is 2. The molecule has 1 N–H and O–H groups in total. The van der Waals surface area contributed by atoms with Crippen LogP contribution >= 0.6 is 0 Å². The van der Waals surface area contributed by atoms with E-state index in [9.17, 15) is 10.1 Å². The SMILES string of the molecule is C[C@@H](Nc1ccc([N+](=O)[O-])cn1)c1ccc2c(c1)OCO2. The summed E-state index contributed by atoms with van der Waals surface area (Å²) in [5, 5.41) is 13.8. The summed E-state index contributed by atoms with van der Waals surface area (Å²) in [5.41, 5.74) is 0.982. The van der Waals surface area contributed by atoms with E-state index >= 15 is 0 Å². The Balaban J connectivity index is 1.73. The summed E-state index contributed by atoms with van der Waals surface area (Å²) in [5.74, 6) is 2.03. The molecule has 0 saturated carbocycles. The molecule has 0 fully saturated rings. The van der Waals surface area contributed by atoms with Gasteiger partial charge in [0.05, 0.1) is 11.0 Å². The standard InChI is InChI=1S/C14H13N3O4/c1-9(10-2-4-12-13(6-10)21-8-20-12)16-14-5-3-11(7-15-14)17(18)19/h2-7,9H,8H2,1H3,(H,15,16)/t9-/m1/s1. The summed E-state index contributed by atoms with van der Waals surface area (Å²) in [4.78, 5) is 14.1. The Bertz CT molecular complexity index is 672. The molecule has 3 rings (SSSR count). The highest BCUT2D eigenvalue weighted by molar-refractivity contribution is 5.48. The molecule has 21 heavy (non-hydrogen) atoms. The number of benzene rings is 1. The van der Waals surface area contributed by atoms with Gasteiger partial charge in [0.2, 0.25) is 6.79 Å². The molecule has 1 aromatic heterocycles. The first-order valence-corrected chi connectivity index (χ1v) is 6.40. The number of hydrogen-bond donors (Lipinski definition) is 1. The van der Waals surface area contributed by atoms with Crippen molar-refractivity contribution in [1.82, 2.24) is 4.98 Å². The first-order valence-electron chi connectivity index (χ1n) is 6.40. The predicted octanol–water partition coefficient (Wildman–Crippen LogP) is 2.89. The Morgan fingerprint density at radius 3 is 2.81 bits per heavy atom. The lowest BCUT2D eigenvalue weighted by atomic mass is 10.1. The van der Waals surface area contributed by atoms with Gasteiger partial charge in [-0.05, 0) is 30.7 Å². The summed E-state index contributed by atoms with van der Waals surface area (Å²) >= 11 is 0. The Kier molecular flexibility index (Phi) is 3.31. The molecule has 0 saturated heterocycles. The van der Waals surface area contributed by atoms with Crippen LogP contribution in [0.15, 0.2) is 36.5 Å². The summed E-state index contributed by atoms with van der Waals surface area (Å²) in [6, 6.07) is 8.69. The molecule has 0 aliphatic carbocycles. The van der Waals surface area contributed by atoms with E-state index in [1.54, 1.807) is 6.07 Å². The quantitative estimate of drug-likeness (QED) is 0.687. The van der Waals surface area contributed by atoms with Crippen molar-refractivity contribution in [3.63, 3.8) is 0 Å². The van der Waals surface area contributed by atoms with E-state index in [0.717, 1.165) is 17.1 Å². The Morgan fingerprint density at radius 1 is 1.29 bits per heavy atom. The van der Waals surface area contributed by atoms with Gasteiger partial charge in [0.25, 0.3) is 5.69 Å². The van der Waals surface area contributed by atoms with Crippen molar-refractivity contribution in [2.24, 2.45) is 0 Å². The fourth-order valence-electron chi connectivity index (χ4n) is 2.07. The molecule has 0 bridgehead atoms. The number of fused-ring (bicyclic) bond motifs is 1. The van der Waals surface area contributed by atoms with Crippen molar-refractivity contribution >= 4 is 11.5 Å². The van der Waals surface area contributed by atoms with Gasteiger partial charge in [0.15, 0.2) is 11.5 Å². The van der Waals surface area contributed by atoms with Gasteiger partial charge in [0.1, 0.15) is 12.0 Å². The monoisotopic (exact) mass is 287 g/mol. The van der Waals surface area contributed by atoms with Crippen LogP contribution in [0.5, 0.6) is 11.5 Å². The minimum atomic E-state index is -0.474. The van der Waals surface area contributed by atoms with Crippen LogP contribution in [0.25, 0.3) is 0 Å². The number of aromatic nitrogens is 1. The van der Waals surface area contributed by atoms with Crippen LogP contribution in [0.1, 0.15) is 18.5 Å². The smallest absolute Gasteiger partial charge is 0.287 e. The van der Waals surface area contributed by atoms with Crippen LogP contribution in [-0.4, -0.2) is 16.7 Å². The number of pyridine rings is 1. The lowest BCUT2D eigenvalue weighted by Gasteiger charge is -2.15. The van der Waals surface area contributed by atoms with Gasteiger partial charge < -0.3 is 14.8 Å². The van der Waals surface area contributed by atoms with E-state index in [4.69, 9.17) is 9.47 Å². The van der Waals surface area contributed by atoms with Crippen LogP contribution in [0.2, 0.25) is 0 Å². The zero-order valence-corrected chi connectivity index (χ0v) is 11.3. The number of nitro groups is 1. The molecule has 0 amide bonds. The van der Waals surface area contributed by atoms with Gasteiger partial charge in [-0.15, -0.1) is 0 Å². The molecule has 7 heteroatoms. The first kappa shape index (κ1) is 13.2. The fraction of sp³-hybridized carbons (Fsp3) is 0.214. The van der Waals surface area contributed by atoms with Gasteiger partial charge in [-0.2, -0.15) is 0 Å². The van der Waals surface area contributed by atoms with E-state index in [-0.39, 0.29) is 18.5 Å². The molecule has 108 valence electrons. The molecular weight excluding hydrogens is 274 g/mol. The van der Waals surface area contributed by atoms with E-state index in [0.29, 0.717) is 5.82 Å². The van der Waals surface area contributed by atoms with E-state index in [1.165, 1.54) is 12.3 Å². The second kappa shape index (κ2) is 5.28. The molecule has 0 unspecified atom stereocenters. The fourth-order valence-corrected chi connectivity index (χ4v) is 2.07. The highest BCUT2D eigenvalue weighted by atomic mass is 16.7. The maximum absolute atomic E-state index is 10.6. The summed E-state index contributed by atoms with van der Waals surface area (Å²) in [6.07, 6.45) is 1.23. The second-order valence-electron chi connectivity index (χ2n) is 4.64. The molecule has 7 nitrogen and oxygen atoms in total. The van der Waals surface area contributed by atoms with Crippen LogP contribution in [0, 0.1) is 10.1 Å². The maximum atomic E-state index is 10.6. The lowest BCUT2D eigenvalue weighted by molar-refractivity contribution is -0.385.